The molecule has 2 aromatic heterocycles. The van der Waals surface area contributed by atoms with Gasteiger partial charge in [-0.3, -0.25) is 9.78 Å². The zero-order valence-corrected chi connectivity index (χ0v) is 13.6. The number of hydrogen-bond donors (Lipinski definition) is 1. The second kappa shape index (κ2) is 6.48. The van der Waals surface area contributed by atoms with Crippen molar-refractivity contribution in [3.63, 3.8) is 0 Å². The summed E-state index contributed by atoms with van der Waals surface area (Å²) in [7, 11) is 1.35. The fourth-order valence-electron chi connectivity index (χ4n) is 2.25. The molecule has 0 fully saturated rings. The van der Waals surface area contributed by atoms with Gasteiger partial charge in [-0.1, -0.05) is 6.07 Å². The molecule has 0 radical (unpaired) electrons. The fraction of sp³-hybridized carbons (Fsp3) is 0.375. The van der Waals surface area contributed by atoms with Gasteiger partial charge in [-0.25, -0.2) is 4.68 Å². The van der Waals surface area contributed by atoms with Crippen LogP contribution in [-0.2, 0) is 9.53 Å². The molecule has 0 saturated carbocycles. The summed E-state index contributed by atoms with van der Waals surface area (Å²) in [5.74, 6) is -0.410. The fourth-order valence-corrected chi connectivity index (χ4v) is 2.25. The van der Waals surface area contributed by atoms with Crippen LogP contribution in [0.25, 0.3) is 11.4 Å². The predicted octanol–water partition coefficient (Wildman–Crippen LogP) is 2.26. The number of rotatable bonds is 4. The summed E-state index contributed by atoms with van der Waals surface area (Å²) in [6, 6.07) is 5.61. The van der Waals surface area contributed by atoms with Crippen LogP contribution in [0.15, 0.2) is 18.3 Å². The standard InChI is InChI=1S/C16H19N5O2/c1-9(2)21-15(18)12(7-17)14(20-21)13-6-5-11(8-19-13)10(3)16(22)23-4/h5-6,8-10H,18H2,1-4H3. The molecule has 120 valence electrons. The van der Waals surface area contributed by atoms with Gasteiger partial charge in [0.2, 0.25) is 0 Å². The van der Waals surface area contributed by atoms with Gasteiger partial charge in [0.05, 0.1) is 18.7 Å². The minimum absolute atomic E-state index is 0.0365. The zero-order valence-electron chi connectivity index (χ0n) is 13.6. The zero-order chi connectivity index (χ0) is 17.1. The Bertz CT molecular complexity index is 756. The number of nitrogens with zero attached hydrogens (tertiary/aromatic N) is 4. The first-order chi connectivity index (χ1) is 10.9. The molecule has 0 aliphatic heterocycles. The van der Waals surface area contributed by atoms with Crippen molar-refractivity contribution in [1.29, 1.82) is 5.26 Å². The minimum atomic E-state index is -0.407. The first-order valence-corrected chi connectivity index (χ1v) is 7.22. The van der Waals surface area contributed by atoms with Crippen LogP contribution in [0.1, 0.15) is 43.9 Å². The maximum atomic E-state index is 11.6. The number of methoxy groups -OCH3 is 1. The summed E-state index contributed by atoms with van der Waals surface area (Å²) in [6.07, 6.45) is 1.59. The van der Waals surface area contributed by atoms with Gasteiger partial charge in [-0.2, -0.15) is 10.4 Å². The molecular formula is C16H19N5O2. The van der Waals surface area contributed by atoms with Gasteiger partial charge in [0.1, 0.15) is 23.1 Å². The molecule has 0 spiro atoms. The highest BCUT2D eigenvalue weighted by molar-refractivity contribution is 5.77. The van der Waals surface area contributed by atoms with Crippen molar-refractivity contribution >= 4 is 11.8 Å². The van der Waals surface area contributed by atoms with Gasteiger partial charge in [0, 0.05) is 12.2 Å². The number of pyridine rings is 1. The lowest BCUT2D eigenvalue weighted by Gasteiger charge is -2.09. The summed E-state index contributed by atoms with van der Waals surface area (Å²) in [6.45, 7) is 5.61. The van der Waals surface area contributed by atoms with Crippen molar-refractivity contribution in [2.24, 2.45) is 0 Å². The molecule has 7 nitrogen and oxygen atoms in total. The number of carbonyl (C=O) groups is 1. The highest BCUT2D eigenvalue weighted by Crippen LogP contribution is 2.28. The van der Waals surface area contributed by atoms with Crippen molar-refractivity contribution in [2.75, 3.05) is 12.8 Å². The SMILES string of the molecule is COC(=O)C(C)c1ccc(-c2nn(C(C)C)c(N)c2C#N)nc1. The van der Waals surface area contributed by atoms with Gasteiger partial charge < -0.3 is 10.5 Å². The van der Waals surface area contributed by atoms with Crippen LogP contribution < -0.4 is 5.73 Å². The van der Waals surface area contributed by atoms with E-state index in [2.05, 4.69) is 16.2 Å². The number of aromatic nitrogens is 3. The quantitative estimate of drug-likeness (QED) is 0.868. The molecule has 2 aromatic rings. The van der Waals surface area contributed by atoms with Crippen LogP contribution in [-0.4, -0.2) is 27.8 Å². The van der Waals surface area contributed by atoms with Gasteiger partial charge in [-0.05, 0) is 32.4 Å². The van der Waals surface area contributed by atoms with Crippen LogP contribution in [0, 0.1) is 11.3 Å². The number of esters is 1. The van der Waals surface area contributed by atoms with E-state index in [9.17, 15) is 10.1 Å². The highest BCUT2D eigenvalue weighted by atomic mass is 16.5. The Labute approximate surface area is 134 Å². The monoisotopic (exact) mass is 313 g/mol. The van der Waals surface area contributed by atoms with E-state index in [0.717, 1.165) is 5.56 Å². The molecule has 2 N–H and O–H groups in total. The smallest absolute Gasteiger partial charge is 0.312 e. The number of nitrogen functional groups attached to an aromatic ring is 1. The Morgan fingerprint density at radius 3 is 2.57 bits per heavy atom. The van der Waals surface area contributed by atoms with Crippen molar-refractivity contribution in [3.8, 4) is 17.5 Å². The minimum Gasteiger partial charge on any atom is -0.469 e. The molecule has 0 amide bonds. The van der Waals surface area contributed by atoms with E-state index in [1.807, 2.05) is 13.8 Å². The third-order valence-corrected chi connectivity index (χ3v) is 3.63. The molecule has 0 bridgehead atoms. The molecule has 0 aliphatic rings. The van der Waals surface area contributed by atoms with Crippen LogP contribution in [0.4, 0.5) is 5.82 Å². The van der Waals surface area contributed by atoms with E-state index in [0.29, 0.717) is 22.8 Å². The van der Waals surface area contributed by atoms with Crippen molar-refractivity contribution in [3.05, 3.63) is 29.5 Å². The molecule has 7 heteroatoms. The number of ether oxygens (including phenoxy) is 1. The van der Waals surface area contributed by atoms with Gasteiger partial charge in [0.15, 0.2) is 0 Å². The average molecular weight is 313 g/mol. The number of carbonyl (C=O) groups excluding carboxylic acids is 1. The molecule has 0 aliphatic carbocycles. The van der Waals surface area contributed by atoms with E-state index >= 15 is 0 Å². The summed E-state index contributed by atoms with van der Waals surface area (Å²) >= 11 is 0. The second-order valence-corrected chi connectivity index (χ2v) is 5.48. The average Bonchev–Trinajstić information content (AvgIpc) is 2.90. The largest absolute Gasteiger partial charge is 0.469 e. The number of nitrogens with two attached hydrogens (primary N) is 1. The first kappa shape index (κ1) is 16.5. The van der Waals surface area contributed by atoms with Gasteiger partial charge in [-0.15, -0.1) is 0 Å². The van der Waals surface area contributed by atoms with Crippen LogP contribution >= 0.6 is 0 Å². The molecule has 0 saturated heterocycles. The molecule has 1 atom stereocenters. The molecule has 2 rings (SSSR count). The second-order valence-electron chi connectivity index (χ2n) is 5.48. The summed E-state index contributed by atoms with van der Waals surface area (Å²) in [5.41, 5.74) is 7.99. The molecule has 2 heterocycles. The van der Waals surface area contributed by atoms with E-state index in [1.165, 1.54) is 7.11 Å². The number of nitriles is 1. The predicted molar refractivity (Wildman–Crippen MR) is 85.4 cm³/mol. The molecule has 23 heavy (non-hydrogen) atoms. The van der Waals surface area contributed by atoms with E-state index in [-0.39, 0.29) is 12.0 Å². The maximum absolute atomic E-state index is 11.6. The van der Waals surface area contributed by atoms with Crippen molar-refractivity contribution in [1.82, 2.24) is 14.8 Å². The van der Waals surface area contributed by atoms with Crippen molar-refractivity contribution < 1.29 is 9.53 Å². The lowest BCUT2D eigenvalue weighted by molar-refractivity contribution is -0.142. The van der Waals surface area contributed by atoms with E-state index in [4.69, 9.17) is 10.5 Å². The topological polar surface area (TPSA) is 107 Å². The van der Waals surface area contributed by atoms with E-state index in [1.54, 1.807) is 29.9 Å². The number of anilines is 1. The lowest BCUT2D eigenvalue weighted by atomic mass is 10.0. The van der Waals surface area contributed by atoms with Crippen LogP contribution in [0.2, 0.25) is 0 Å². The summed E-state index contributed by atoms with van der Waals surface area (Å²) in [4.78, 5) is 15.9. The van der Waals surface area contributed by atoms with Crippen LogP contribution in [0.5, 0.6) is 0 Å². The van der Waals surface area contributed by atoms with E-state index < -0.39 is 5.92 Å². The first-order valence-electron chi connectivity index (χ1n) is 7.22. The lowest BCUT2D eigenvalue weighted by Crippen LogP contribution is -2.11. The number of hydrogen-bond acceptors (Lipinski definition) is 6. The summed E-state index contributed by atoms with van der Waals surface area (Å²) in [5, 5.41) is 13.7. The molecule has 0 aromatic carbocycles. The Balaban J connectivity index is 2.43. The third kappa shape index (κ3) is 3.01. The normalized spacial score (nSPS) is 12.0. The van der Waals surface area contributed by atoms with Crippen molar-refractivity contribution in [2.45, 2.75) is 32.7 Å². The van der Waals surface area contributed by atoms with Crippen LogP contribution in [0.3, 0.4) is 0 Å². The third-order valence-electron chi connectivity index (χ3n) is 3.63. The Morgan fingerprint density at radius 1 is 1.39 bits per heavy atom. The highest BCUT2D eigenvalue weighted by Gasteiger charge is 2.20. The Morgan fingerprint density at radius 2 is 2.09 bits per heavy atom. The Kier molecular flexibility index (Phi) is 4.65. The van der Waals surface area contributed by atoms with Gasteiger partial charge in [0.25, 0.3) is 0 Å². The Hall–Kier alpha value is -2.88. The van der Waals surface area contributed by atoms with Gasteiger partial charge >= 0.3 is 5.97 Å². The molecular weight excluding hydrogens is 294 g/mol. The molecule has 1 unspecified atom stereocenters. The maximum Gasteiger partial charge on any atom is 0.312 e. The summed E-state index contributed by atoms with van der Waals surface area (Å²) < 4.78 is 6.32.